The molecule has 0 radical (unpaired) electrons. The van der Waals surface area contributed by atoms with Crippen molar-refractivity contribution < 1.29 is 28.9 Å². The monoisotopic (exact) mass is 648 g/mol. The fraction of sp³-hybridized carbons (Fsp3) is 0.633. The van der Waals surface area contributed by atoms with Crippen molar-refractivity contribution in [3.05, 3.63) is 29.2 Å². The van der Waals surface area contributed by atoms with E-state index in [1.54, 1.807) is 18.5 Å². The molecular weight excluding hydrogens is 608 g/mol. The average molecular weight is 649 g/mol. The number of nitrogens with zero attached hydrogens (tertiary/aromatic N) is 5. The third-order valence-corrected chi connectivity index (χ3v) is 9.95. The SMILES string of the molecule is COC(=O)c1nc(Sc2ccnc(N3CC(C(C)(C)O)C3)c2Cl)cnc1N1CCC2(CC1)COC[C@H]2NC(=O)OC(C)(C)C. The van der Waals surface area contributed by atoms with Crippen molar-refractivity contribution in [2.45, 2.75) is 74.6 Å². The number of anilines is 2. The maximum atomic E-state index is 12.9. The first-order valence-electron chi connectivity index (χ1n) is 14.8. The third kappa shape index (κ3) is 7.00. The molecule has 5 heterocycles. The lowest BCUT2D eigenvalue weighted by molar-refractivity contribution is 0.00436. The van der Waals surface area contributed by atoms with Crippen LogP contribution in [0.5, 0.6) is 0 Å². The zero-order chi connectivity index (χ0) is 31.9. The zero-order valence-corrected chi connectivity index (χ0v) is 27.6. The van der Waals surface area contributed by atoms with E-state index in [-0.39, 0.29) is 23.1 Å². The molecular formula is C30H41ClN6O6S. The number of aliphatic hydroxyl groups is 1. The van der Waals surface area contributed by atoms with Crippen LogP contribution in [0.15, 0.2) is 28.4 Å². The Labute approximate surface area is 267 Å². The molecule has 44 heavy (non-hydrogen) atoms. The van der Waals surface area contributed by atoms with Gasteiger partial charge in [0.15, 0.2) is 11.5 Å². The largest absolute Gasteiger partial charge is 0.464 e. The number of carbonyl (C=O) groups excluding carboxylic acids is 2. The Kier molecular flexibility index (Phi) is 9.23. The summed E-state index contributed by atoms with van der Waals surface area (Å²) in [5.41, 5.74) is -1.47. The van der Waals surface area contributed by atoms with Crippen molar-refractivity contribution in [2.75, 3.05) is 56.3 Å². The van der Waals surface area contributed by atoms with Crippen LogP contribution in [0, 0.1) is 11.3 Å². The van der Waals surface area contributed by atoms with E-state index in [1.807, 2.05) is 44.4 Å². The number of rotatable bonds is 7. The van der Waals surface area contributed by atoms with Crippen molar-refractivity contribution in [3.63, 3.8) is 0 Å². The Morgan fingerprint density at radius 2 is 1.84 bits per heavy atom. The molecule has 3 aliphatic heterocycles. The number of halogens is 1. The lowest BCUT2D eigenvalue weighted by Gasteiger charge is -2.46. The Morgan fingerprint density at radius 3 is 2.48 bits per heavy atom. The number of amides is 1. The maximum absolute atomic E-state index is 12.9. The number of aromatic nitrogens is 3. The maximum Gasteiger partial charge on any atom is 0.407 e. The Bertz CT molecular complexity index is 1390. The standard InChI is InChI=1S/C30H41ClN6O6S/c1-28(2,3)43-27(39)34-20-16-42-17-30(20)8-11-36(12-9-30)25-23(26(38)41-6)35-21(13-33-25)44-19-7-10-32-24(22(19)31)37-14-18(15-37)29(4,5)40/h7,10,13,18,20,40H,8-9,11-12,14-17H2,1-6H3,(H,34,39)/t20-/m1/s1. The normalized spacial score (nSPS) is 20.4. The molecule has 0 saturated carbocycles. The predicted octanol–water partition coefficient (Wildman–Crippen LogP) is 4.18. The van der Waals surface area contributed by atoms with Gasteiger partial charge < -0.3 is 34.4 Å². The minimum Gasteiger partial charge on any atom is -0.464 e. The van der Waals surface area contributed by atoms with E-state index < -0.39 is 23.3 Å². The van der Waals surface area contributed by atoms with Crippen LogP contribution in [0.2, 0.25) is 5.02 Å². The molecule has 0 bridgehead atoms. The first-order chi connectivity index (χ1) is 20.7. The van der Waals surface area contributed by atoms with E-state index in [4.69, 9.17) is 25.8 Å². The van der Waals surface area contributed by atoms with Crippen LogP contribution in [0.25, 0.3) is 0 Å². The Balaban J connectivity index is 1.28. The van der Waals surface area contributed by atoms with E-state index in [9.17, 15) is 14.7 Å². The summed E-state index contributed by atoms with van der Waals surface area (Å²) in [4.78, 5) is 43.9. The Morgan fingerprint density at radius 1 is 1.14 bits per heavy atom. The topological polar surface area (TPSA) is 139 Å². The molecule has 0 aliphatic carbocycles. The van der Waals surface area contributed by atoms with Gasteiger partial charge in [-0.15, -0.1) is 0 Å². The molecule has 240 valence electrons. The molecule has 3 saturated heterocycles. The second-order valence-corrected chi connectivity index (χ2v) is 14.7. The van der Waals surface area contributed by atoms with E-state index in [2.05, 4.69) is 20.3 Å². The van der Waals surface area contributed by atoms with Crippen LogP contribution in [-0.2, 0) is 14.2 Å². The number of hydrogen-bond donors (Lipinski definition) is 2. The summed E-state index contributed by atoms with van der Waals surface area (Å²) in [6.07, 6.45) is 4.32. The second kappa shape index (κ2) is 12.5. The molecule has 14 heteroatoms. The van der Waals surface area contributed by atoms with Gasteiger partial charge in [0.1, 0.15) is 16.4 Å². The van der Waals surface area contributed by atoms with Gasteiger partial charge in [0.05, 0.1) is 43.2 Å². The van der Waals surface area contributed by atoms with E-state index >= 15 is 0 Å². The highest BCUT2D eigenvalue weighted by atomic mass is 35.5. The van der Waals surface area contributed by atoms with E-state index in [0.717, 1.165) is 17.7 Å². The summed E-state index contributed by atoms with van der Waals surface area (Å²) >= 11 is 8.06. The molecule has 5 rings (SSSR count). The minimum atomic E-state index is -0.768. The highest BCUT2D eigenvalue weighted by Gasteiger charge is 2.47. The molecule has 2 aromatic heterocycles. The third-order valence-electron chi connectivity index (χ3n) is 8.50. The highest BCUT2D eigenvalue weighted by Crippen LogP contribution is 2.42. The summed E-state index contributed by atoms with van der Waals surface area (Å²) in [6, 6.07) is 1.63. The van der Waals surface area contributed by atoms with Gasteiger partial charge in [0, 0.05) is 48.6 Å². The quantitative estimate of drug-likeness (QED) is 0.416. The molecule has 3 fully saturated rings. The number of nitrogens with one attached hydrogen (secondary N) is 1. The zero-order valence-electron chi connectivity index (χ0n) is 26.1. The summed E-state index contributed by atoms with van der Waals surface area (Å²) in [5.74, 6) is 0.651. The molecule has 1 amide bonds. The molecule has 0 unspecified atom stereocenters. The van der Waals surface area contributed by atoms with Crippen molar-refractivity contribution in [2.24, 2.45) is 11.3 Å². The van der Waals surface area contributed by atoms with Gasteiger partial charge in [-0.1, -0.05) is 23.4 Å². The van der Waals surface area contributed by atoms with Crippen molar-refractivity contribution in [1.82, 2.24) is 20.3 Å². The van der Waals surface area contributed by atoms with Gasteiger partial charge in [-0.2, -0.15) is 0 Å². The lowest BCUT2D eigenvalue weighted by Crippen LogP contribution is -2.56. The number of pyridine rings is 1. The molecule has 1 atom stereocenters. The predicted molar refractivity (Wildman–Crippen MR) is 167 cm³/mol. The van der Waals surface area contributed by atoms with Crippen molar-refractivity contribution >= 4 is 47.1 Å². The molecule has 2 N–H and O–H groups in total. The van der Waals surface area contributed by atoms with Crippen LogP contribution in [0.3, 0.4) is 0 Å². The number of hydrogen-bond acceptors (Lipinski definition) is 12. The summed E-state index contributed by atoms with van der Waals surface area (Å²) in [7, 11) is 1.32. The molecule has 3 aliphatic rings. The smallest absolute Gasteiger partial charge is 0.407 e. The lowest BCUT2D eigenvalue weighted by atomic mass is 9.74. The van der Waals surface area contributed by atoms with Gasteiger partial charge >= 0.3 is 12.1 Å². The van der Waals surface area contributed by atoms with E-state index in [0.29, 0.717) is 61.1 Å². The van der Waals surface area contributed by atoms with Crippen molar-refractivity contribution in [1.29, 1.82) is 0 Å². The Hall–Kier alpha value is -2.87. The average Bonchev–Trinajstić information content (AvgIpc) is 3.29. The number of ether oxygens (including phenoxy) is 3. The summed E-state index contributed by atoms with van der Waals surface area (Å²) < 4.78 is 16.4. The van der Waals surface area contributed by atoms with Gasteiger partial charge in [0.25, 0.3) is 0 Å². The van der Waals surface area contributed by atoms with Crippen LogP contribution in [-0.4, -0.2) is 95.9 Å². The second-order valence-electron chi connectivity index (χ2n) is 13.2. The summed E-state index contributed by atoms with van der Waals surface area (Å²) in [5, 5.41) is 14.3. The van der Waals surface area contributed by atoms with Gasteiger partial charge in [-0.25, -0.2) is 24.5 Å². The fourth-order valence-corrected chi connectivity index (χ4v) is 6.89. The van der Waals surface area contributed by atoms with Crippen LogP contribution in [0.1, 0.15) is 57.9 Å². The minimum absolute atomic E-state index is 0.126. The number of alkyl carbamates (subject to hydrolysis) is 1. The molecule has 1 spiro atoms. The van der Waals surface area contributed by atoms with Crippen LogP contribution >= 0.6 is 23.4 Å². The first kappa shape index (κ1) is 32.5. The fourth-order valence-electron chi connectivity index (χ4n) is 5.77. The number of esters is 1. The van der Waals surface area contributed by atoms with E-state index in [1.165, 1.54) is 18.9 Å². The number of methoxy groups -OCH3 is 1. The first-order valence-corrected chi connectivity index (χ1v) is 16.0. The number of carbonyl (C=O) groups is 2. The van der Waals surface area contributed by atoms with Crippen molar-refractivity contribution in [3.8, 4) is 0 Å². The highest BCUT2D eigenvalue weighted by molar-refractivity contribution is 7.99. The van der Waals surface area contributed by atoms with Gasteiger partial charge in [0.2, 0.25) is 0 Å². The molecule has 12 nitrogen and oxygen atoms in total. The molecule has 0 aromatic carbocycles. The van der Waals surface area contributed by atoms with Gasteiger partial charge in [-0.3, -0.25) is 0 Å². The molecule has 2 aromatic rings. The van der Waals surface area contributed by atoms with Crippen LogP contribution < -0.4 is 15.1 Å². The number of piperidine rings is 1. The van der Waals surface area contributed by atoms with Gasteiger partial charge in [-0.05, 0) is 53.5 Å². The summed E-state index contributed by atoms with van der Waals surface area (Å²) in [6.45, 7) is 12.6. The van der Waals surface area contributed by atoms with Crippen LogP contribution in [0.4, 0.5) is 16.4 Å².